The molecular weight excluding hydrogens is 304 g/mol. The normalized spacial score (nSPS) is 12.4. The Morgan fingerprint density at radius 1 is 0.870 bits per heavy atom. The summed E-state index contributed by atoms with van der Waals surface area (Å²) in [6.07, 6.45) is 0.991. The maximum absolute atomic E-state index is 6.09. The fraction of sp³-hybridized carbons (Fsp3) is 0.0500. The van der Waals surface area contributed by atoms with Gasteiger partial charge >= 0.3 is 0 Å². The van der Waals surface area contributed by atoms with Crippen LogP contribution in [0.5, 0.6) is 0 Å². The fourth-order valence-corrected chi connectivity index (χ4v) is 3.67. The van der Waals surface area contributed by atoms with Crippen LogP contribution in [0.25, 0.3) is 33.5 Å². The van der Waals surface area contributed by atoms with Gasteiger partial charge in [-0.15, -0.1) is 0 Å². The first-order chi connectivity index (χ1) is 11.3. The number of aromatic amines is 1. The summed E-state index contributed by atoms with van der Waals surface area (Å²) in [6, 6.07) is 20.8. The Balaban J connectivity index is 1.77. The lowest BCUT2D eigenvalue weighted by atomic mass is 9.99. The van der Waals surface area contributed by atoms with Crippen molar-refractivity contribution in [2.45, 2.75) is 6.42 Å². The Bertz CT molecular complexity index is 1060. The van der Waals surface area contributed by atoms with Crippen molar-refractivity contribution in [3.8, 4) is 22.5 Å². The van der Waals surface area contributed by atoms with Crippen molar-refractivity contribution in [3.05, 3.63) is 76.8 Å². The Morgan fingerprint density at radius 3 is 2.65 bits per heavy atom. The van der Waals surface area contributed by atoms with E-state index in [-0.39, 0.29) is 0 Å². The van der Waals surface area contributed by atoms with Gasteiger partial charge in [0.2, 0.25) is 0 Å². The highest BCUT2D eigenvalue weighted by molar-refractivity contribution is 6.31. The number of hydrogen-bond acceptors (Lipinski definition) is 1. The van der Waals surface area contributed by atoms with Gasteiger partial charge in [-0.05, 0) is 46.9 Å². The summed E-state index contributed by atoms with van der Waals surface area (Å²) < 4.78 is 0. The highest BCUT2D eigenvalue weighted by Gasteiger charge is 2.22. The molecule has 0 saturated heterocycles. The summed E-state index contributed by atoms with van der Waals surface area (Å²) in [5, 5.41) is 0.719. The summed E-state index contributed by atoms with van der Waals surface area (Å²) in [7, 11) is 0. The number of imidazole rings is 1. The fourth-order valence-electron chi connectivity index (χ4n) is 3.50. The first-order valence-electron chi connectivity index (χ1n) is 7.65. The standard InChI is InChI=1S/C20H13ClN2/c21-14-8-9-17-18(11-14)23-20(22-17)16-7-3-5-13-10-12-4-1-2-6-15(12)19(13)16/h1-9,11H,10H2,(H,22,23). The van der Waals surface area contributed by atoms with Crippen LogP contribution in [0.1, 0.15) is 11.1 Å². The van der Waals surface area contributed by atoms with Crippen LogP contribution in [0.3, 0.4) is 0 Å². The minimum Gasteiger partial charge on any atom is -0.338 e. The third kappa shape index (κ3) is 1.92. The summed E-state index contributed by atoms with van der Waals surface area (Å²) >= 11 is 6.09. The molecule has 3 heteroatoms. The lowest BCUT2D eigenvalue weighted by molar-refractivity contribution is 1.26. The van der Waals surface area contributed by atoms with Gasteiger partial charge in [-0.25, -0.2) is 4.98 Å². The van der Waals surface area contributed by atoms with Gasteiger partial charge in [-0.3, -0.25) is 0 Å². The molecule has 0 atom stereocenters. The molecule has 0 unspecified atom stereocenters. The van der Waals surface area contributed by atoms with E-state index >= 15 is 0 Å². The minimum atomic E-state index is 0.719. The number of halogens is 1. The van der Waals surface area contributed by atoms with Gasteiger partial charge in [0, 0.05) is 10.6 Å². The van der Waals surface area contributed by atoms with E-state index in [9.17, 15) is 0 Å². The van der Waals surface area contributed by atoms with Crippen LogP contribution in [-0.2, 0) is 6.42 Å². The zero-order valence-corrected chi connectivity index (χ0v) is 13.1. The van der Waals surface area contributed by atoms with Crippen LogP contribution >= 0.6 is 11.6 Å². The Morgan fingerprint density at radius 2 is 1.70 bits per heavy atom. The molecule has 2 nitrogen and oxygen atoms in total. The average Bonchev–Trinajstić information content (AvgIpc) is 3.14. The molecule has 1 aliphatic carbocycles. The van der Waals surface area contributed by atoms with Crippen molar-refractivity contribution in [2.75, 3.05) is 0 Å². The molecule has 0 aliphatic heterocycles. The van der Waals surface area contributed by atoms with Crippen molar-refractivity contribution in [2.24, 2.45) is 0 Å². The van der Waals surface area contributed by atoms with Crippen molar-refractivity contribution in [1.29, 1.82) is 0 Å². The van der Waals surface area contributed by atoms with Crippen LogP contribution in [-0.4, -0.2) is 9.97 Å². The van der Waals surface area contributed by atoms with E-state index in [4.69, 9.17) is 16.6 Å². The summed E-state index contributed by atoms with van der Waals surface area (Å²) in [6.45, 7) is 0. The molecule has 0 saturated carbocycles. The van der Waals surface area contributed by atoms with Crippen molar-refractivity contribution in [3.63, 3.8) is 0 Å². The third-order valence-electron chi connectivity index (χ3n) is 4.52. The Hall–Kier alpha value is -2.58. The molecule has 23 heavy (non-hydrogen) atoms. The topological polar surface area (TPSA) is 28.7 Å². The van der Waals surface area contributed by atoms with Gasteiger partial charge in [-0.2, -0.15) is 0 Å². The molecule has 5 rings (SSSR count). The number of aromatic nitrogens is 2. The van der Waals surface area contributed by atoms with E-state index in [2.05, 4.69) is 47.4 Å². The van der Waals surface area contributed by atoms with Crippen molar-refractivity contribution in [1.82, 2.24) is 9.97 Å². The molecule has 1 aliphatic rings. The second-order valence-electron chi connectivity index (χ2n) is 5.92. The molecule has 3 aromatic carbocycles. The monoisotopic (exact) mass is 316 g/mol. The smallest absolute Gasteiger partial charge is 0.139 e. The summed E-state index contributed by atoms with van der Waals surface area (Å²) in [5.74, 6) is 0.899. The average molecular weight is 317 g/mol. The number of nitrogens with one attached hydrogen (secondary N) is 1. The van der Waals surface area contributed by atoms with E-state index < -0.39 is 0 Å². The molecule has 0 bridgehead atoms. The minimum absolute atomic E-state index is 0.719. The molecule has 0 radical (unpaired) electrons. The first kappa shape index (κ1) is 12.9. The van der Waals surface area contributed by atoms with Gasteiger partial charge in [0.15, 0.2) is 0 Å². The molecule has 0 amide bonds. The van der Waals surface area contributed by atoms with Gasteiger partial charge in [0.25, 0.3) is 0 Å². The predicted molar refractivity (Wildman–Crippen MR) is 94.8 cm³/mol. The highest BCUT2D eigenvalue weighted by atomic mass is 35.5. The molecule has 1 aromatic heterocycles. The van der Waals surface area contributed by atoms with Crippen molar-refractivity contribution < 1.29 is 0 Å². The van der Waals surface area contributed by atoms with E-state index in [1.54, 1.807) is 0 Å². The van der Waals surface area contributed by atoms with Crippen LogP contribution in [0.2, 0.25) is 5.02 Å². The van der Waals surface area contributed by atoms with Crippen LogP contribution in [0.4, 0.5) is 0 Å². The van der Waals surface area contributed by atoms with E-state index in [0.717, 1.165) is 33.9 Å². The second-order valence-corrected chi connectivity index (χ2v) is 6.36. The van der Waals surface area contributed by atoms with Crippen LogP contribution in [0, 0.1) is 0 Å². The third-order valence-corrected chi connectivity index (χ3v) is 4.75. The lowest BCUT2D eigenvalue weighted by Crippen LogP contribution is -1.87. The maximum Gasteiger partial charge on any atom is 0.139 e. The van der Waals surface area contributed by atoms with Crippen LogP contribution < -0.4 is 0 Å². The zero-order chi connectivity index (χ0) is 15.4. The number of H-pyrrole nitrogens is 1. The molecule has 1 N–H and O–H groups in total. The number of fused-ring (bicyclic) bond motifs is 4. The number of nitrogens with zero attached hydrogens (tertiary/aromatic N) is 1. The number of hydrogen-bond donors (Lipinski definition) is 1. The molecule has 0 spiro atoms. The van der Waals surface area contributed by atoms with Crippen molar-refractivity contribution >= 4 is 22.6 Å². The zero-order valence-electron chi connectivity index (χ0n) is 12.3. The lowest BCUT2D eigenvalue weighted by Gasteiger charge is -2.07. The molecular formula is C20H13ClN2. The maximum atomic E-state index is 6.09. The van der Waals surface area contributed by atoms with Gasteiger partial charge in [0.05, 0.1) is 11.0 Å². The number of benzene rings is 3. The van der Waals surface area contributed by atoms with Gasteiger partial charge in [-0.1, -0.05) is 54.1 Å². The van der Waals surface area contributed by atoms with Crippen LogP contribution in [0.15, 0.2) is 60.7 Å². The van der Waals surface area contributed by atoms with E-state index in [0.29, 0.717) is 0 Å². The van der Waals surface area contributed by atoms with Gasteiger partial charge < -0.3 is 4.98 Å². The quantitative estimate of drug-likeness (QED) is 0.437. The van der Waals surface area contributed by atoms with E-state index in [1.165, 1.54) is 22.3 Å². The molecule has 1 heterocycles. The highest BCUT2D eigenvalue weighted by Crippen LogP contribution is 2.42. The van der Waals surface area contributed by atoms with Gasteiger partial charge in [0.1, 0.15) is 5.82 Å². The number of rotatable bonds is 1. The molecule has 0 fully saturated rings. The molecule has 110 valence electrons. The predicted octanol–water partition coefficient (Wildman–Crippen LogP) is 5.45. The second kappa shape index (κ2) is 4.71. The summed E-state index contributed by atoms with van der Waals surface area (Å²) in [5.41, 5.74) is 8.42. The Labute approximate surface area is 138 Å². The Kier molecular flexibility index (Phi) is 2.64. The van der Waals surface area contributed by atoms with E-state index in [1.807, 2.05) is 18.2 Å². The molecule has 4 aromatic rings. The SMILES string of the molecule is Clc1ccc2nc(-c3cccc4c3-c3ccccc3C4)[nH]c2c1. The first-order valence-corrected chi connectivity index (χ1v) is 8.03. The summed E-state index contributed by atoms with van der Waals surface area (Å²) in [4.78, 5) is 8.18. The largest absolute Gasteiger partial charge is 0.338 e.